The summed E-state index contributed by atoms with van der Waals surface area (Å²) in [4.78, 5) is 112. The lowest BCUT2D eigenvalue weighted by atomic mass is 10.1. The molecule has 3 atom stereocenters. The fourth-order valence-electron chi connectivity index (χ4n) is 5.53. The number of esters is 2. The van der Waals surface area contributed by atoms with E-state index in [1.807, 2.05) is 4.90 Å². The summed E-state index contributed by atoms with van der Waals surface area (Å²) in [5.74, 6) is -4.07. The van der Waals surface area contributed by atoms with Crippen LogP contribution in [0.5, 0.6) is 6.01 Å². The van der Waals surface area contributed by atoms with Gasteiger partial charge in [0.25, 0.3) is 0 Å². The molecule has 1 aliphatic rings. The van der Waals surface area contributed by atoms with Crippen molar-refractivity contribution < 1.29 is 57.2 Å². The van der Waals surface area contributed by atoms with Crippen molar-refractivity contribution in [3.05, 3.63) is 45.9 Å². The molecule has 1 aromatic carbocycles. The maximum absolute atomic E-state index is 13.2. The molecule has 4 amide bonds. The highest BCUT2D eigenvalue weighted by atomic mass is 35.6. The van der Waals surface area contributed by atoms with Gasteiger partial charge in [0.2, 0.25) is 17.7 Å². The Balaban J connectivity index is 1.35. The molecule has 23 nitrogen and oxygen atoms in total. The van der Waals surface area contributed by atoms with E-state index in [-0.39, 0.29) is 73.6 Å². The van der Waals surface area contributed by atoms with Crippen LogP contribution in [0.2, 0.25) is 0 Å². The molecule has 0 aliphatic carbocycles. The lowest BCUT2D eigenvalue weighted by Gasteiger charge is -2.24. The summed E-state index contributed by atoms with van der Waals surface area (Å²) >= 11 is 17.2. The van der Waals surface area contributed by atoms with Crippen LogP contribution in [0.1, 0.15) is 30.4 Å². The van der Waals surface area contributed by atoms with Gasteiger partial charge >= 0.3 is 39.9 Å². The molecule has 4 rings (SSSR count). The number of nitrogen functional groups attached to an aromatic ring is 1. The van der Waals surface area contributed by atoms with Crippen LogP contribution >= 0.6 is 46.6 Å². The van der Waals surface area contributed by atoms with Crippen LogP contribution in [0, 0.1) is 0 Å². The third-order valence-corrected chi connectivity index (χ3v) is 9.91. The number of fused-ring (bicyclic) bond motifs is 1. The van der Waals surface area contributed by atoms with Crippen molar-refractivity contribution in [1.29, 1.82) is 0 Å². The highest BCUT2D eigenvalue weighted by Gasteiger charge is 2.33. The number of rotatable bonds is 22. The lowest BCUT2D eigenvalue weighted by molar-refractivity contribution is -0.140. The van der Waals surface area contributed by atoms with Gasteiger partial charge in [-0.3, -0.25) is 19.0 Å². The summed E-state index contributed by atoms with van der Waals surface area (Å²) in [6.07, 6.45) is -3.04. The Morgan fingerprint density at radius 3 is 2.39 bits per heavy atom. The van der Waals surface area contributed by atoms with Gasteiger partial charge in [-0.1, -0.05) is 24.3 Å². The van der Waals surface area contributed by atoms with Crippen LogP contribution in [-0.2, 0) is 56.0 Å². The number of carbonyl (C=O) groups is 7. The number of H-pyrrole nitrogens is 1. The zero-order chi connectivity index (χ0) is 45.6. The number of benzene rings is 1. The normalized spacial score (nSPS) is 14.7. The quantitative estimate of drug-likeness (QED) is 0.0345. The highest BCUT2D eigenvalue weighted by molar-refractivity contribution is 8.00. The fraction of sp³-hybridized carbons (Fsp3) is 0.486. The third kappa shape index (κ3) is 16.1. The predicted octanol–water partition coefficient (Wildman–Crippen LogP) is 0.469. The van der Waals surface area contributed by atoms with Crippen LogP contribution in [0.25, 0.3) is 11.2 Å². The van der Waals surface area contributed by atoms with E-state index in [0.29, 0.717) is 13.2 Å². The molecular formula is C35H43Cl3N10O13S. The Hall–Kier alpha value is -5.40. The number of thioether (sulfide) groups is 1. The second-order valence-electron chi connectivity index (χ2n) is 13.5. The third-order valence-electron chi connectivity index (χ3n) is 8.37. The number of nitrogens with zero attached hydrogens (tertiary/aromatic N) is 4. The Kier molecular flexibility index (Phi) is 18.4. The van der Waals surface area contributed by atoms with Crippen LogP contribution < -0.4 is 37.4 Å². The average molecular weight is 950 g/mol. The first-order valence-electron chi connectivity index (χ1n) is 18.4. The Bertz CT molecular complexity index is 2170. The second-order valence-corrected chi connectivity index (χ2v) is 17.0. The number of ether oxygens (including phenoxy) is 5. The number of aromatic nitrogens is 4. The molecule has 1 saturated heterocycles. The summed E-state index contributed by atoms with van der Waals surface area (Å²) < 4.78 is 22.3. The number of methoxy groups -OCH3 is 1. The van der Waals surface area contributed by atoms with Crippen LogP contribution in [0.3, 0.4) is 0 Å². The molecule has 2 aromatic heterocycles. The number of alkyl halides is 3. The van der Waals surface area contributed by atoms with Gasteiger partial charge in [0, 0.05) is 44.0 Å². The van der Waals surface area contributed by atoms with E-state index in [1.165, 1.54) is 23.4 Å². The van der Waals surface area contributed by atoms with E-state index >= 15 is 0 Å². The molecule has 3 aromatic rings. The minimum absolute atomic E-state index is 0.00398. The number of halogens is 3. The first kappa shape index (κ1) is 49.3. The number of aromatic amines is 1. The lowest BCUT2D eigenvalue weighted by Crippen LogP contribution is -2.50. The Morgan fingerprint density at radius 1 is 1.03 bits per heavy atom. The largest absolute Gasteiger partial charge is 0.519 e. The SMILES string of the molecule is COCCOc1nc(N)c2[nH]c(=O)n(Cc3ccc(CNC(=O)CC(CN(C)C)SCC(NC(=O)CCC4NC(=O)OC4=O)C(=O)NCC(=O)OC(=O)OC(Cl)(Cl)Cl)cc3)c2n1. The number of imidazole rings is 1. The van der Waals surface area contributed by atoms with Crippen molar-refractivity contribution in [2.75, 3.05) is 59.0 Å². The summed E-state index contributed by atoms with van der Waals surface area (Å²) in [6.45, 7) is 0.317. The molecule has 3 heterocycles. The summed E-state index contributed by atoms with van der Waals surface area (Å²) in [7, 11) is 5.09. The van der Waals surface area contributed by atoms with E-state index in [0.717, 1.165) is 11.1 Å². The molecule has 338 valence electrons. The molecule has 7 N–H and O–H groups in total. The minimum atomic E-state index is -2.51. The van der Waals surface area contributed by atoms with Crippen molar-refractivity contribution in [2.24, 2.45) is 0 Å². The summed E-state index contributed by atoms with van der Waals surface area (Å²) in [5, 5.41) is 9.49. The zero-order valence-corrected chi connectivity index (χ0v) is 36.4. The second kappa shape index (κ2) is 23.2. The molecular weight excluding hydrogens is 907 g/mol. The average Bonchev–Trinajstić information content (AvgIpc) is 3.68. The number of amides is 4. The van der Waals surface area contributed by atoms with Crippen LogP contribution in [-0.4, -0.2) is 141 Å². The Labute approximate surface area is 371 Å². The monoisotopic (exact) mass is 948 g/mol. The fourth-order valence-corrected chi connectivity index (χ4v) is 7.09. The van der Waals surface area contributed by atoms with Crippen molar-refractivity contribution in [2.45, 2.75) is 53.7 Å². The van der Waals surface area contributed by atoms with Gasteiger partial charge in [-0.25, -0.2) is 24.0 Å². The van der Waals surface area contributed by atoms with Crippen molar-refractivity contribution >= 4 is 105 Å². The molecule has 0 bridgehead atoms. The molecule has 1 fully saturated rings. The Morgan fingerprint density at radius 2 is 1.74 bits per heavy atom. The topological polar surface area (TPSA) is 307 Å². The molecule has 1 aliphatic heterocycles. The summed E-state index contributed by atoms with van der Waals surface area (Å²) in [5.41, 5.74) is 7.63. The molecule has 0 radical (unpaired) electrons. The minimum Gasteiger partial charge on any atom is -0.461 e. The maximum Gasteiger partial charge on any atom is 0.519 e. The highest BCUT2D eigenvalue weighted by Crippen LogP contribution is 2.28. The van der Waals surface area contributed by atoms with E-state index in [9.17, 15) is 38.4 Å². The molecule has 27 heteroatoms. The number of anilines is 1. The van der Waals surface area contributed by atoms with E-state index in [1.54, 1.807) is 38.4 Å². The molecule has 0 saturated carbocycles. The first-order valence-corrected chi connectivity index (χ1v) is 20.6. The predicted molar refractivity (Wildman–Crippen MR) is 222 cm³/mol. The van der Waals surface area contributed by atoms with Gasteiger partial charge in [0.1, 0.15) is 30.8 Å². The molecule has 62 heavy (non-hydrogen) atoms. The van der Waals surface area contributed by atoms with Gasteiger partial charge in [-0.05, 0) is 66.4 Å². The smallest absolute Gasteiger partial charge is 0.461 e. The van der Waals surface area contributed by atoms with E-state index < -0.39 is 69.5 Å². The van der Waals surface area contributed by atoms with Gasteiger partial charge in [0.05, 0.1) is 13.2 Å². The number of carbonyl (C=O) groups excluding carboxylic acids is 7. The van der Waals surface area contributed by atoms with Gasteiger partial charge in [-0.15, -0.1) is 0 Å². The van der Waals surface area contributed by atoms with Gasteiger partial charge < -0.3 is 60.6 Å². The van der Waals surface area contributed by atoms with Gasteiger partial charge in [0.15, 0.2) is 11.5 Å². The van der Waals surface area contributed by atoms with Crippen LogP contribution in [0.4, 0.5) is 15.4 Å². The van der Waals surface area contributed by atoms with Gasteiger partial charge in [-0.2, -0.15) is 21.7 Å². The number of hydrogen-bond donors (Lipinski definition) is 6. The number of nitrogens with two attached hydrogens (primary N) is 1. The zero-order valence-electron chi connectivity index (χ0n) is 33.3. The van der Waals surface area contributed by atoms with Crippen molar-refractivity contribution in [3.8, 4) is 6.01 Å². The number of alkyl carbamates (subject to hydrolysis) is 1. The van der Waals surface area contributed by atoms with Crippen LogP contribution in [0.15, 0.2) is 29.1 Å². The number of nitrogens with one attached hydrogen (secondary N) is 5. The van der Waals surface area contributed by atoms with Crippen molar-refractivity contribution in [3.63, 3.8) is 0 Å². The number of cyclic esters (lactones) is 2. The summed E-state index contributed by atoms with van der Waals surface area (Å²) in [6, 6.07) is 4.80. The number of hydrogen-bond acceptors (Lipinski definition) is 18. The molecule has 3 unspecified atom stereocenters. The maximum atomic E-state index is 13.2. The first-order chi connectivity index (χ1) is 29.3. The van der Waals surface area contributed by atoms with E-state index in [4.69, 9.17) is 50.0 Å². The van der Waals surface area contributed by atoms with Crippen molar-refractivity contribution in [1.82, 2.24) is 45.7 Å². The molecule has 0 spiro atoms. The van der Waals surface area contributed by atoms with E-state index in [2.05, 4.69) is 50.4 Å². The standard InChI is InChI=1S/C35H43Cl3N10O13S/c1-47(2)16-20(62-17-22(42-23(49)9-8-21-30(53)60-33(55)43-21)29(52)41-14-25(51)59-34(56)61-35(36,37)38)12-24(50)40-13-18-4-6-19(7-5-18)15-48-28-26(44-32(48)54)27(39)45-31(46-28)58-11-10-57-3/h4-7,20-22H,8-17H2,1-3H3,(H,40,50)(H,41,52)(H,42,49)(H,43,55)(H,44,54)(H2,39,45,46).